The predicted octanol–water partition coefficient (Wildman–Crippen LogP) is 2.19. The molecule has 2 aromatic rings. The average Bonchev–Trinajstić information content (AvgIpc) is 3.23. The van der Waals surface area contributed by atoms with Gasteiger partial charge < -0.3 is 10.2 Å². The lowest BCUT2D eigenvalue weighted by molar-refractivity contribution is 0.198. The zero-order valence-electron chi connectivity index (χ0n) is 15.9. The summed E-state index contributed by atoms with van der Waals surface area (Å²) in [6.07, 6.45) is 6.36. The van der Waals surface area contributed by atoms with Gasteiger partial charge in [0, 0.05) is 57.0 Å². The maximum atomic E-state index is 12.2. The molecule has 2 N–H and O–H groups in total. The molecule has 4 heterocycles. The summed E-state index contributed by atoms with van der Waals surface area (Å²) in [5, 5.41) is 3.17. The Balaban J connectivity index is 1.50. The van der Waals surface area contributed by atoms with Crippen LogP contribution in [0, 0.1) is 0 Å². The highest BCUT2D eigenvalue weighted by molar-refractivity contribution is 5.42. The summed E-state index contributed by atoms with van der Waals surface area (Å²) < 4.78 is 0. The molecule has 0 aromatic carbocycles. The minimum atomic E-state index is -0.0382. The number of pyridine rings is 1. The molecule has 2 aromatic heterocycles. The Bertz CT molecular complexity index is 829. The molecule has 7 nitrogen and oxygen atoms in total. The second kappa shape index (κ2) is 8.08. The van der Waals surface area contributed by atoms with Crippen LogP contribution in [0.5, 0.6) is 0 Å². The molecule has 0 bridgehead atoms. The number of H-pyrrole nitrogens is 1. The summed E-state index contributed by atoms with van der Waals surface area (Å²) in [5.74, 6) is 1.99. The van der Waals surface area contributed by atoms with E-state index in [1.54, 1.807) is 6.07 Å². The first kappa shape index (κ1) is 18.0. The molecule has 7 heteroatoms. The molecule has 2 aliphatic heterocycles. The van der Waals surface area contributed by atoms with Crippen molar-refractivity contribution in [1.82, 2.24) is 19.9 Å². The summed E-state index contributed by atoms with van der Waals surface area (Å²) in [4.78, 5) is 29.0. The van der Waals surface area contributed by atoms with E-state index in [-0.39, 0.29) is 5.56 Å². The first-order chi connectivity index (χ1) is 13.2. The van der Waals surface area contributed by atoms with Crippen LogP contribution in [0.15, 0.2) is 29.2 Å². The van der Waals surface area contributed by atoms with Gasteiger partial charge in [-0.2, -0.15) is 0 Å². The van der Waals surface area contributed by atoms with Gasteiger partial charge in [0.1, 0.15) is 5.82 Å². The number of rotatable bonds is 5. The molecule has 4 rings (SSSR count). The van der Waals surface area contributed by atoms with Crippen LogP contribution >= 0.6 is 0 Å². The van der Waals surface area contributed by atoms with Gasteiger partial charge in [0.25, 0.3) is 5.56 Å². The van der Waals surface area contributed by atoms with Crippen LogP contribution in [0.25, 0.3) is 0 Å². The van der Waals surface area contributed by atoms with Crippen molar-refractivity contribution < 1.29 is 0 Å². The van der Waals surface area contributed by atoms with E-state index in [2.05, 4.69) is 31.2 Å². The van der Waals surface area contributed by atoms with Gasteiger partial charge in [0.2, 0.25) is 5.95 Å². The Morgan fingerprint density at radius 2 is 2.11 bits per heavy atom. The SMILES string of the molecule is CNc1ncccc1CN1CCCC(c2cc(=O)[nH]c(N3CCCC3)n2)C1. The lowest BCUT2D eigenvalue weighted by Crippen LogP contribution is -2.35. The Labute approximate surface area is 159 Å². The fourth-order valence-electron chi connectivity index (χ4n) is 4.22. The third-order valence-corrected chi connectivity index (χ3v) is 5.60. The number of hydrogen-bond acceptors (Lipinski definition) is 6. The Morgan fingerprint density at radius 3 is 2.93 bits per heavy atom. The molecule has 0 saturated carbocycles. The van der Waals surface area contributed by atoms with Crippen LogP contribution in [0.2, 0.25) is 0 Å². The Kier molecular flexibility index (Phi) is 5.38. The highest BCUT2D eigenvalue weighted by atomic mass is 16.1. The number of aromatic nitrogens is 3. The summed E-state index contributed by atoms with van der Waals surface area (Å²) >= 11 is 0. The molecule has 0 amide bonds. The van der Waals surface area contributed by atoms with Gasteiger partial charge in [-0.05, 0) is 38.3 Å². The molecule has 1 atom stereocenters. The van der Waals surface area contributed by atoms with Crippen molar-refractivity contribution in [2.75, 3.05) is 43.4 Å². The third-order valence-electron chi connectivity index (χ3n) is 5.60. The van der Waals surface area contributed by atoms with E-state index in [1.807, 2.05) is 19.3 Å². The van der Waals surface area contributed by atoms with Gasteiger partial charge >= 0.3 is 0 Å². The quantitative estimate of drug-likeness (QED) is 0.842. The first-order valence-corrected chi connectivity index (χ1v) is 9.93. The highest BCUT2D eigenvalue weighted by Crippen LogP contribution is 2.28. The van der Waals surface area contributed by atoms with Crippen molar-refractivity contribution in [3.63, 3.8) is 0 Å². The van der Waals surface area contributed by atoms with Gasteiger partial charge in [-0.1, -0.05) is 6.07 Å². The molecular formula is C20H28N6O. The molecule has 27 heavy (non-hydrogen) atoms. The van der Waals surface area contributed by atoms with Crippen LogP contribution in [0.3, 0.4) is 0 Å². The van der Waals surface area contributed by atoms with Gasteiger partial charge in [-0.25, -0.2) is 9.97 Å². The minimum absolute atomic E-state index is 0.0382. The van der Waals surface area contributed by atoms with Gasteiger partial charge in [0.05, 0.1) is 5.69 Å². The van der Waals surface area contributed by atoms with E-state index in [4.69, 9.17) is 4.98 Å². The smallest absolute Gasteiger partial charge is 0.252 e. The monoisotopic (exact) mass is 368 g/mol. The Morgan fingerprint density at radius 1 is 1.26 bits per heavy atom. The predicted molar refractivity (Wildman–Crippen MR) is 107 cm³/mol. The van der Waals surface area contributed by atoms with E-state index in [0.717, 1.165) is 63.0 Å². The molecule has 0 radical (unpaired) electrons. The average molecular weight is 368 g/mol. The molecule has 0 aliphatic carbocycles. The summed E-state index contributed by atoms with van der Waals surface area (Å²) in [5.41, 5.74) is 2.10. The summed E-state index contributed by atoms with van der Waals surface area (Å²) in [7, 11) is 1.91. The zero-order valence-corrected chi connectivity index (χ0v) is 15.9. The maximum absolute atomic E-state index is 12.2. The molecule has 144 valence electrons. The molecule has 1 unspecified atom stereocenters. The van der Waals surface area contributed by atoms with E-state index in [1.165, 1.54) is 18.4 Å². The first-order valence-electron chi connectivity index (χ1n) is 9.93. The standard InChI is InChI=1S/C20H28N6O/c1-21-19-16(6-4-8-22-19)14-25-9-5-7-15(13-25)17-12-18(27)24-20(23-17)26-10-2-3-11-26/h4,6,8,12,15H,2-3,5,7,9-11,13-14H2,1H3,(H,21,22)(H,23,24,27). The van der Waals surface area contributed by atoms with Gasteiger partial charge in [-0.3, -0.25) is 14.7 Å². The molecule has 2 saturated heterocycles. The van der Waals surface area contributed by atoms with Gasteiger partial charge in [0.15, 0.2) is 0 Å². The van der Waals surface area contributed by atoms with E-state index >= 15 is 0 Å². The molecule has 0 spiro atoms. The van der Waals surface area contributed by atoms with Crippen molar-refractivity contribution in [3.8, 4) is 0 Å². The van der Waals surface area contributed by atoms with Crippen molar-refractivity contribution in [2.24, 2.45) is 0 Å². The van der Waals surface area contributed by atoms with Crippen LogP contribution in [0.1, 0.15) is 42.9 Å². The Hall–Kier alpha value is -2.41. The normalized spacial score (nSPS) is 20.8. The summed E-state index contributed by atoms with van der Waals surface area (Å²) in [6.45, 7) is 4.82. The van der Waals surface area contributed by atoms with Crippen molar-refractivity contribution in [1.29, 1.82) is 0 Å². The second-order valence-corrected chi connectivity index (χ2v) is 7.52. The van der Waals surface area contributed by atoms with Crippen molar-refractivity contribution in [3.05, 3.63) is 46.0 Å². The lowest BCUT2D eigenvalue weighted by atomic mass is 9.94. The lowest BCUT2D eigenvalue weighted by Gasteiger charge is -2.33. The maximum Gasteiger partial charge on any atom is 0.252 e. The number of piperidine rings is 1. The largest absolute Gasteiger partial charge is 0.373 e. The third kappa shape index (κ3) is 4.13. The fourth-order valence-corrected chi connectivity index (χ4v) is 4.22. The topological polar surface area (TPSA) is 77.2 Å². The number of hydrogen-bond donors (Lipinski definition) is 2. The van der Waals surface area contributed by atoms with E-state index in [0.29, 0.717) is 5.92 Å². The summed E-state index contributed by atoms with van der Waals surface area (Å²) in [6, 6.07) is 5.80. The highest BCUT2D eigenvalue weighted by Gasteiger charge is 2.25. The van der Waals surface area contributed by atoms with Crippen molar-refractivity contribution >= 4 is 11.8 Å². The number of likely N-dealkylation sites (tertiary alicyclic amines) is 1. The van der Waals surface area contributed by atoms with Crippen molar-refractivity contribution in [2.45, 2.75) is 38.1 Å². The number of nitrogens with zero attached hydrogens (tertiary/aromatic N) is 4. The number of anilines is 2. The van der Waals surface area contributed by atoms with E-state index < -0.39 is 0 Å². The van der Waals surface area contributed by atoms with Crippen LogP contribution in [-0.2, 0) is 6.54 Å². The second-order valence-electron chi connectivity index (χ2n) is 7.52. The number of aromatic amines is 1. The molecule has 2 fully saturated rings. The van der Waals surface area contributed by atoms with Gasteiger partial charge in [-0.15, -0.1) is 0 Å². The zero-order chi connectivity index (χ0) is 18.6. The minimum Gasteiger partial charge on any atom is -0.373 e. The van der Waals surface area contributed by atoms with E-state index in [9.17, 15) is 4.79 Å². The van der Waals surface area contributed by atoms with Crippen LogP contribution in [-0.4, -0.2) is 53.1 Å². The fraction of sp³-hybridized carbons (Fsp3) is 0.550. The molecule has 2 aliphatic rings. The number of nitrogens with one attached hydrogen (secondary N) is 2. The molecular weight excluding hydrogens is 340 g/mol. The van der Waals surface area contributed by atoms with Crippen LogP contribution < -0.4 is 15.8 Å². The van der Waals surface area contributed by atoms with Crippen LogP contribution in [0.4, 0.5) is 11.8 Å².